The topological polar surface area (TPSA) is 28.2 Å². The lowest BCUT2D eigenvalue weighted by Crippen LogP contribution is -2.38. The largest absolute Gasteiger partial charge is 0.316 e. The quantitative estimate of drug-likeness (QED) is 0.219. The van der Waals surface area contributed by atoms with Crippen molar-refractivity contribution in [1.29, 1.82) is 0 Å². The second kappa shape index (κ2) is 11.5. The van der Waals surface area contributed by atoms with Crippen molar-refractivity contribution in [1.82, 2.24) is 15.2 Å². The van der Waals surface area contributed by atoms with Gasteiger partial charge in [0.15, 0.2) is 0 Å². The van der Waals surface area contributed by atoms with Crippen molar-refractivity contribution in [3.05, 3.63) is 101 Å². The van der Waals surface area contributed by atoms with Crippen molar-refractivity contribution >= 4 is 21.6 Å². The summed E-state index contributed by atoms with van der Waals surface area (Å²) in [4.78, 5) is 7.48. The molecule has 0 saturated carbocycles. The molecule has 1 aromatic heterocycles. The van der Waals surface area contributed by atoms with Crippen LogP contribution in [0.5, 0.6) is 0 Å². The van der Waals surface area contributed by atoms with Gasteiger partial charge in [-0.3, -0.25) is 0 Å². The van der Waals surface area contributed by atoms with Gasteiger partial charge in [0.25, 0.3) is 0 Å². The van der Waals surface area contributed by atoms with E-state index in [1.165, 1.54) is 20.8 Å². The molecule has 0 fully saturated rings. The van der Waals surface area contributed by atoms with Crippen LogP contribution in [0.25, 0.3) is 10.2 Å². The van der Waals surface area contributed by atoms with Gasteiger partial charge in [-0.25, -0.2) is 4.98 Å². The molecular weight excluding hydrogens is 446 g/mol. The van der Waals surface area contributed by atoms with Crippen LogP contribution in [0.15, 0.2) is 84.9 Å². The number of hydrogen-bond acceptors (Lipinski definition) is 4. The fourth-order valence-corrected chi connectivity index (χ4v) is 6.52. The fourth-order valence-electron chi connectivity index (χ4n) is 5.29. The van der Waals surface area contributed by atoms with Crippen LogP contribution >= 0.6 is 11.3 Å². The highest BCUT2D eigenvalue weighted by Gasteiger charge is 2.38. The van der Waals surface area contributed by atoms with E-state index in [0.717, 1.165) is 44.4 Å². The number of thiazole rings is 1. The molecule has 1 heterocycles. The first-order chi connectivity index (χ1) is 16.9. The molecule has 0 unspecified atom stereocenters. The molecule has 0 spiro atoms. The van der Waals surface area contributed by atoms with Gasteiger partial charge >= 0.3 is 0 Å². The Morgan fingerprint density at radius 3 is 2.00 bits per heavy atom. The van der Waals surface area contributed by atoms with E-state index >= 15 is 0 Å². The minimum Gasteiger partial charge on any atom is -0.316 e. The highest BCUT2D eigenvalue weighted by atomic mass is 32.1. The molecule has 3 nitrogen and oxygen atoms in total. The summed E-state index contributed by atoms with van der Waals surface area (Å²) in [7, 11) is 4.30. The molecule has 0 amide bonds. The third-order valence-corrected chi connectivity index (χ3v) is 7.89. The zero-order valence-corrected chi connectivity index (χ0v) is 22.4. The van der Waals surface area contributed by atoms with Gasteiger partial charge in [0.1, 0.15) is 5.01 Å². The van der Waals surface area contributed by atoms with Crippen molar-refractivity contribution < 1.29 is 0 Å². The third-order valence-electron chi connectivity index (χ3n) is 6.70. The van der Waals surface area contributed by atoms with Crippen molar-refractivity contribution in [3.8, 4) is 0 Å². The molecule has 0 saturated heterocycles. The molecule has 35 heavy (non-hydrogen) atoms. The Morgan fingerprint density at radius 2 is 1.40 bits per heavy atom. The Morgan fingerprint density at radius 1 is 0.800 bits per heavy atom. The predicted octanol–water partition coefficient (Wildman–Crippen LogP) is 6.98. The zero-order valence-electron chi connectivity index (χ0n) is 21.6. The standard InChI is InChI=1S/C31H39N3S/c1-30(2,24-34(3)4)23-32-22-14-13-21-31(25-15-7-5-8-16-25,26-17-9-6-10-18-26)29-33-27-19-11-12-20-28(27)35-29/h5-12,15-20,32H,13-14,21-24H2,1-4H3. The van der Waals surface area contributed by atoms with E-state index in [9.17, 15) is 0 Å². The molecule has 3 aromatic carbocycles. The molecule has 4 aromatic rings. The first-order valence-corrected chi connectivity index (χ1v) is 13.5. The van der Waals surface area contributed by atoms with E-state index in [4.69, 9.17) is 4.98 Å². The lowest BCUT2D eigenvalue weighted by atomic mass is 9.71. The Labute approximate surface area is 215 Å². The summed E-state index contributed by atoms with van der Waals surface area (Å²) >= 11 is 1.84. The predicted molar refractivity (Wildman–Crippen MR) is 151 cm³/mol. The number of aromatic nitrogens is 1. The number of fused-ring (bicyclic) bond motifs is 1. The van der Waals surface area contributed by atoms with Gasteiger partial charge in [0.2, 0.25) is 0 Å². The number of hydrogen-bond donors (Lipinski definition) is 1. The molecule has 4 rings (SSSR count). The molecule has 0 aliphatic carbocycles. The normalized spacial score (nSPS) is 12.5. The number of unbranched alkanes of at least 4 members (excludes halogenated alkanes) is 1. The van der Waals surface area contributed by atoms with Crippen LogP contribution in [0.2, 0.25) is 0 Å². The average molecular weight is 486 g/mol. The summed E-state index contributed by atoms with van der Waals surface area (Å²) < 4.78 is 1.25. The van der Waals surface area contributed by atoms with Crippen LogP contribution in [0.3, 0.4) is 0 Å². The van der Waals surface area contributed by atoms with E-state index in [1.807, 2.05) is 11.3 Å². The summed E-state index contributed by atoms with van der Waals surface area (Å²) in [5.74, 6) is 0. The van der Waals surface area contributed by atoms with Crippen molar-refractivity contribution in [2.75, 3.05) is 33.7 Å². The second-order valence-corrected chi connectivity index (χ2v) is 11.7. The van der Waals surface area contributed by atoms with Gasteiger partial charge in [0.05, 0.1) is 15.6 Å². The summed E-state index contributed by atoms with van der Waals surface area (Å²) in [6.45, 7) is 7.83. The number of para-hydroxylation sites is 1. The molecule has 0 aliphatic heterocycles. The maximum absolute atomic E-state index is 5.21. The summed E-state index contributed by atoms with van der Waals surface area (Å²) in [6, 6.07) is 30.5. The maximum Gasteiger partial charge on any atom is 0.109 e. The van der Waals surface area contributed by atoms with Crippen LogP contribution in [0, 0.1) is 5.41 Å². The molecule has 0 atom stereocenters. The van der Waals surface area contributed by atoms with Crippen LogP contribution in [-0.2, 0) is 5.41 Å². The summed E-state index contributed by atoms with van der Waals surface area (Å²) in [5.41, 5.74) is 3.75. The van der Waals surface area contributed by atoms with Crippen molar-refractivity contribution in [2.24, 2.45) is 5.41 Å². The van der Waals surface area contributed by atoms with Gasteiger partial charge in [0, 0.05) is 13.1 Å². The van der Waals surface area contributed by atoms with E-state index in [0.29, 0.717) is 0 Å². The highest BCUT2D eigenvalue weighted by Crippen LogP contribution is 2.45. The summed E-state index contributed by atoms with van der Waals surface area (Å²) in [6.07, 6.45) is 3.30. The van der Waals surface area contributed by atoms with Crippen LogP contribution in [0.1, 0.15) is 49.2 Å². The third kappa shape index (κ3) is 6.19. The lowest BCUT2D eigenvalue weighted by molar-refractivity contribution is 0.232. The van der Waals surface area contributed by atoms with E-state index < -0.39 is 0 Å². The molecule has 0 radical (unpaired) electrons. The smallest absolute Gasteiger partial charge is 0.109 e. The van der Waals surface area contributed by atoms with E-state index in [-0.39, 0.29) is 10.8 Å². The Hall–Kier alpha value is -2.53. The highest BCUT2D eigenvalue weighted by molar-refractivity contribution is 7.18. The number of rotatable bonds is 12. The summed E-state index contributed by atoms with van der Waals surface area (Å²) in [5, 5.41) is 4.91. The van der Waals surface area contributed by atoms with Crippen LogP contribution in [-0.4, -0.2) is 43.6 Å². The van der Waals surface area contributed by atoms with E-state index in [2.05, 4.69) is 123 Å². The second-order valence-electron chi connectivity index (χ2n) is 10.7. The zero-order chi connectivity index (χ0) is 24.7. The first kappa shape index (κ1) is 25.6. The van der Waals surface area contributed by atoms with Gasteiger partial charge in [-0.2, -0.15) is 0 Å². The molecule has 184 valence electrons. The van der Waals surface area contributed by atoms with Gasteiger partial charge < -0.3 is 10.2 Å². The molecule has 4 heteroatoms. The lowest BCUT2D eigenvalue weighted by Gasteiger charge is -2.34. The molecule has 1 N–H and O–H groups in total. The van der Waals surface area contributed by atoms with Gasteiger partial charge in [-0.1, -0.05) is 93.1 Å². The molecule has 0 aliphatic rings. The average Bonchev–Trinajstić information content (AvgIpc) is 3.28. The van der Waals surface area contributed by atoms with Crippen molar-refractivity contribution in [2.45, 2.75) is 38.5 Å². The SMILES string of the molecule is CN(C)CC(C)(C)CNCCCCC(c1ccccc1)(c1ccccc1)c1nc2ccccc2s1. The Balaban J connectivity index is 1.60. The van der Waals surface area contributed by atoms with Crippen LogP contribution in [0.4, 0.5) is 0 Å². The number of nitrogens with one attached hydrogen (secondary N) is 1. The Bertz CT molecular complexity index is 1110. The van der Waals surface area contributed by atoms with Crippen LogP contribution < -0.4 is 5.32 Å². The van der Waals surface area contributed by atoms with E-state index in [1.54, 1.807) is 0 Å². The number of benzene rings is 3. The number of nitrogens with zero attached hydrogens (tertiary/aromatic N) is 2. The van der Waals surface area contributed by atoms with Gasteiger partial charge in [-0.05, 0) is 62.2 Å². The fraction of sp³-hybridized carbons (Fsp3) is 0.387. The monoisotopic (exact) mass is 485 g/mol. The first-order valence-electron chi connectivity index (χ1n) is 12.7. The Kier molecular flexibility index (Phi) is 8.38. The molecule has 0 bridgehead atoms. The van der Waals surface area contributed by atoms with Gasteiger partial charge in [-0.15, -0.1) is 11.3 Å². The molecular formula is C31H39N3S. The maximum atomic E-state index is 5.21. The minimum atomic E-state index is -0.254. The van der Waals surface area contributed by atoms with Crippen molar-refractivity contribution in [3.63, 3.8) is 0 Å². The minimum absolute atomic E-state index is 0.254.